The lowest BCUT2D eigenvalue weighted by Gasteiger charge is -2.10. The highest BCUT2D eigenvalue weighted by Crippen LogP contribution is 2.35. The summed E-state index contributed by atoms with van der Waals surface area (Å²) in [7, 11) is 0. The number of primary amides is 1. The lowest BCUT2D eigenvalue weighted by molar-refractivity contribution is -0.127. The van der Waals surface area contributed by atoms with E-state index < -0.39 is 12.0 Å². The van der Waals surface area contributed by atoms with Crippen molar-refractivity contribution >= 4 is 11.8 Å². The number of carbonyl (C=O) groups is 2. The molecule has 4 rings (SSSR count). The van der Waals surface area contributed by atoms with Crippen LogP contribution in [0.1, 0.15) is 21.5 Å². The molecule has 1 aliphatic heterocycles. The Hall–Kier alpha value is -3.67. The molecule has 0 saturated carbocycles. The lowest BCUT2D eigenvalue weighted by atomic mass is 9.97. The molecule has 3 N–H and O–H groups in total. The fourth-order valence-corrected chi connectivity index (χ4v) is 3.29. The standard InChI is InChI=1S/C22H19N3O3/c23-20(26)16-8-4-7-15(11-16)17-9-10-24-22-18(17)12-19(28-22)21(27)25-13-14-5-2-1-3-6-14/h1-11,19H,12-13H2,(H2,23,26)(H,25,27). The zero-order valence-electron chi connectivity index (χ0n) is 15.1. The van der Waals surface area contributed by atoms with Crippen molar-refractivity contribution in [2.75, 3.05) is 0 Å². The molecule has 0 bridgehead atoms. The van der Waals surface area contributed by atoms with Crippen LogP contribution in [-0.2, 0) is 17.8 Å². The summed E-state index contributed by atoms with van der Waals surface area (Å²) < 4.78 is 5.78. The Balaban J connectivity index is 1.52. The highest BCUT2D eigenvalue weighted by molar-refractivity contribution is 5.94. The zero-order valence-corrected chi connectivity index (χ0v) is 15.1. The van der Waals surface area contributed by atoms with Gasteiger partial charge in [-0.05, 0) is 34.9 Å². The zero-order chi connectivity index (χ0) is 19.5. The van der Waals surface area contributed by atoms with Gasteiger partial charge in [0.15, 0.2) is 6.10 Å². The first-order valence-corrected chi connectivity index (χ1v) is 8.98. The average molecular weight is 373 g/mol. The van der Waals surface area contributed by atoms with E-state index in [4.69, 9.17) is 10.5 Å². The number of hydrogen-bond acceptors (Lipinski definition) is 4. The largest absolute Gasteiger partial charge is 0.464 e. The Labute approximate surface area is 162 Å². The molecule has 6 nitrogen and oxygen atoms in total. The minimum Gasteiger partial charge on any atom is -0.464 e. The van der Waals surface area contributed by atoms with Gasteiger partial charge in [0.05, 0.1) is 0 Å². The summed E-state index contributed by atoms with van der Waals surface area (Å²) in [6.45, 7) is 0.441. The summed E-state index contributed by atoms with van der Waals surface area (Å²) in [5.41, 5.74) is 9.41. The summed E-state index contributed by atoms with van der Waals surface area (Å²) in [6, 6.07) is 18.6. The second-order valence-corrected chi connectivity index (χ2v) is 6.60. The number of pyridine rings is 1. The molecule has 140 valence electrons. The van der Waals surface area contributed by atoms with Crippen molar-refractivity contribution in [2.45, 2.75) is 19.1 Å². The second-order valence-electron chi connectivity index (χ2n) is 6.60. The van der Waals surface area contributed by atoms with E-state index in [0.29, 0.717) is 24.4 Å². The predicted molar refractivity (Wildman–Crippen MR) is 105 cm³/mol. The van der Waals surface area contributed by atoms with Crippen LogP contribution in [0.25, 0.3) is 11.1 Å². The number of hydrogen-bond donors (Lipinski definition) is 2. The van der Waals surface area contributed by atoms with E-state index in [1.807, 2.05) is 42.5 Å². The maximum Gasteiger partial charge on any atom is 0.261 e. The topological polar surface area (TPSA) is 94.3 Å². The van der Waals surface area contributed by atoms with Crippen molar-refractivity contribution in [3.63, 3.8) is 0 Å². The van der Waals surface area contributed by atoms with Crippen LogP contribution in [0.5, 0.6) is 5.88 Å². The molecule has 1 atom stereocenters. The van der Waals surface area contributed by atoms with Crippen LogP contribution < -0.4 is 15.8 Å². The van der Waals surface area contributed by atoms with Crippen LogP contribution in [0.15, 0.2) is 66.9 Å². The second kappa shape index (κ2) is 7.52. The molecular weight excluding hydrogens is 354 g/mol. The molecular formula is C22H19N3O3. The molecule has 1 aliphatic rings. The summed E-state index contributed by atoms with van der Waals surface area (Å²) in [5, 5.41) is 2.91. The van der Waals surface area contributed by atoms with Gasteiger partial charge in [0.1, 0.15) is 0 Å². The third-order valence-electron chi connectivity index (χ3n) is 4.72. The lowest BCUT2D eigenvalue weighted by Crippen LogP contribution is -2.37. The number of nitrogens with two attached hydrogens (primary N) is 1. The summed E-state index contributed by atoms with van der Waals surface area (Å²) in [4.78, 5) is 28.3. The number of nitrogens with zero attached hydrogens (tertiary/aromatic N) is 1. The van der Waals surface area contributed by atoms with E-state index in [9.17, 15) is 9.59 Å². The molecule has 0 aliphatic carbocycles. The van der Waals surface area contributed by atoms with Crippen molar-refractivity contribution in [1.82, 2.24) is 10.3 Å². The van der Waals surface area contributed by atoms with Gasteiger partial charge in [-0.25, -0.2) is 4.98 Å². The minimum absolute atomic E-state index is 0.182. The third-order valence-corrected chi connectivity index (χ3v) is 4.72. The van der Waals surface area contributed by atoms with Gasteiger partial charge in [0.2, 0.25) is 11.8 Å². The Kier molecular flexibility index (Phi) is 4.76. The number of nitrogens with one attached hydrogen (secondary N) is 1. The van der Waals surface area contributed by atoms with Crippen LogP contribution >= 0.6 is 0 Å². The van der Waals surface area contributed by atoms with Crippen LogP contribution in [-0.4, -0.2) is 22.9 Å². The fourth-order valence-electron chi connectivity index (χ4n) is 3.29. The quantitative estimate of drug-likeness (QED) is 0.718. The highest BCUT2D eigenvalue weighted by atomic mass is 16.5. The van der Waals surface area contributed by atoms with Gasteiger partial charge < -0.3 is 15.8 Å². The molecule has 0 fully saturated rings. The van der Waals surface area contributed by atoms with E-state index in [-0.39, 0.29) is 5.91 Å². The van der Waals surface area contributed by atoms with Gasteiger partial charge in [-0.3, -0.25) is 9.59 Å². The maximum absolute atomic E-state index is 12.6. The molecule has 0 saturated heterocycles. The molecule has 2 heterocycles. The van der Waals surface area contributed by atoms with Crippen molar-refractivity contribution < 1.29 is 14.3 Å². The number of aromatic nitrogens is 1. The van der Waals surface area contributed by atoms with E-state index in [0.717, 1.165) is 22.3 Å². The summed E-state index contributed by atoms with van der Waals surface area (Å²) in [6.07, 6.45) is 1.42. The van der Waals surface area contributed by atoms with Gasteiger partial charge in [0, 0.05) is 30.3 Å². The Bertz CT molecular complexity index is 1030. The summed E-state index contributed by atoms with van der Waals surface area (Å²) in [5.74, 6) is -0.220. The summed E-state index contributed by atoms with van der Waals surface area (Å²) >= 11 is 0. The van der Waals surface area contributed by atoms with Gasteiger partial charge in [-0.1, -0.05) is 42.5 Å². The monoisotopic (exact) mass is 373 g/mol. The number of amides is 2. The van der Waals surface area contributed by atoms with Crippen molar-refractivity contribution in [2.24, 2.45) is 5.73 Å². The van der Waals surface area contributed by atoms with Crippen LogP contribution in [0, 0.1) is 0 Å². The normalized spacial score (nSPS) is 14.8. The van der Waals surface area contributed by atoms with Gasteiger partial charge in [-0.15, -0.1) is 0 Å². The Morgan fingerprint density at radius 1 is 1.11 bits per heavy atom. The van der Waals surface area contributed by atoms with Crippen molar-refractivity contribution in [3.8, 4) is 17.0 Å². The molecule has 1 aromatic heterocycles. The van der Waals surface area contributed by atoms with Crippen LogP contribution in [0.2, 0.25) is 0 Å². The SMILES string of the molecule is NC(=O)c1cccc(-c2ccnc3c2CC(C(=O)NCc2ccccc2)O3)c1. The predicted octanol–water partition coefficient (Wildman–Crippen LogP) is 2.47. The van der Waals surface area contributed by atoms with E-state index in [2.05, 4.69) is 10.3 Å². The van der Waals surface area contributed by atoms with Crippen molar-refractivity contribution in [3.05, 3.63) is 83.6 Å². The number of fused-ring (bicyclic) bond motifs is 1. The smallest absolute Gasteiger partial charge is 0.261 e. The van der Waals surface area contributed by atoms with E-state index in [1.54, 1.807) is 24.4 Å². The number of rotatable bonds is 5. The molecule has 2 amide bonds. The molecule has 3 aromatic rings. The first-order chi connectivity index (χ1) is 13.6. The first kappa shape index (κ1) is 17.7. The number of ether oxygens (including phenoxy) is 1. The molecule has 6 heteroatoms. The van der Waals surface area contributed by atoms with E-state index >= 15 is 0 Å². The number of carbonyl (C=O) groups excluding carboxylic acids is 2. The minimum atomic E-state index is -0.633. The number of benzene rings is 2. The fraction of sp³-hybridized carbons (Fsp3) is 0.136. The molecule has 28 heavy (non-hydrogen) atoms. The third kappa shape index (κ3) is 3.57. The first-order valence-electron chi connectivity index (χ1n) is 8.98. The molecule has 0 radical (unpaired) electrons. The molecule has 2 aromatic carbocycles. The van der Waals surface area contributed by atoms with Crippen LogP contribution in [0.4, 0.5) is 0 Å². The van der Waals surface area contributed by atoms with E-state index in [1.165, 1.54) is 0 Å². The van der Waals surface area contributed by atoms with Crippen molar-refractivity contribution in [1.29, 1.82) is 0 Å². The highest BCUT2D eigenvalue weighted by Gasteiger charge is 2.32. The van der Waals surface area contributed by atoms with Crippen LogP contribution in [0.3, 0.4) is 0 Å². The van der Waals surface area contributed by atoms with Gasteiger partial charge >= 0.3 is 0 Å². The van der Waals surface area contributed by atoms with Gasteiger partial charge in [-0.2, -0.15) is 0 Å². The molecule has 1 unspecified atom stereocenters. The maximum atomic E-state index is 12.6. The van der Waals surface area contributed by atoms with Gasteiger partial charge in [0.25, 0.3) is 5.91 Å². The molecule has 0 spiro atoms. The Morgan fingerprint density at radius 2 is 1.93 bits per heavy atom. The Morgan fingerprint density at radius 3 is 2.71 bits per heavy atom. The average Bonchev–Trinajstić information content (AvgIpc) is 3.17.